The first-order valence-electron chi connectivity index (χ1n) is 4.53. The fourth-order valence-electron chi connectivity index (χ4n) is 1.33. The van der Waals surface area contributed by atoms with Crippen molar-refractivity contribution in [3.05, 3.63) is 23.4 Å². The van der Waals surface area contributed by atoms with Gasteiger partial charge in [-0.2, -0.15) is 0 Å². The Morgan fingerprint density at radius 2 is 1.85 bits per heavy atom. The van der Waals surface area contributed by atoms with Crippen molar-refractivity contribution in [1.29, 1.82) is 0 Å². The molecule has 1 heterocycles. The molecule has 72 valence electrons. The van der Waals surface area contributed by atoms with E-state index in [2.05, 4.69) is 0 Å². The zero-order chi connectivity index (χ0) is 10.2. The normalized spacial score (nSPS) is 17.2. The number of carbonyl (C=O) groups excluding carboxylic acids is 1. The predicted octanol–water partition coefficient (Wildman–Crippen LogP) is 2.48. The van der Waals surface area contributed by atoms with E-state index in [1.165, 1.54) is 0 Å². The van der Waals surface area contributed by atoms with Crippen LogP contribution in [0.2, 0.25) is 0 Å². The summed E-state index contributed by atoms with van der Waals surface area (Å²) in [6.07, 6.45) is 3.76. The molecule has 2 heteroatoms. The van der Waals surface area contributed by atoms with Gasteiger partial charge in [0.2, 0.25) is 0 Å². The summed E-state index contributed by atoms with van der Waals surface area (Å²) in [4.78, 5) is 13.6. The van der Waals surface area contributed by atoms with Crippen molar-refractivity contribution in [2.45, 2.75) is 40.2 Å². The van der Waals surface area contributed by atoms with Gasteiger partial charge in [-0.15, -0.1) is 0 Å². The molecule has 0 radical (unpaired) electrons. The van der Waals surface area contributed by atoms with Crippen molar-refractivity contribution in [2.24, 2.45) is 0 Å². The van der Waals surface area contributed by atoms with Gasteiger partial charge in [0.15, 0.2) is 0 Å². The van der Waals surface area contributed by atoms with Crippen molar-refractivity contribution in [3.8, 4) is 0 Å². The van der Waals surface area contributed by atoms with Crippen LogP contribution in [0.15, 0.2) is 23.4 Å². The van der Waals surface area contributed by atoms with Crippen molar-refractivity contribution < 1.29 is 4.79 Å². The molecule has 0 saturated heterocycles. The Balaban J connectivity index is 2.98. The predicted molar refractivity (Wildman–Crippen MR) is 54.1 cm³/mol. The third-order valence-electron chi connectivity index (χ3n) is 2.10. The van der Waals surface area contributed by atoms with Gasteiger partial charge in [-0.3, -0.25) is 4.79 Å². The largest absolute Gasteiger partial charge is 0.310 e. The fraction of sp³-hybridized carbons (Fsp3) is 0.545. The van der Waals surface area contributed by atoms with Crippen molar-refractivity contribution in [3.63, 3.8) is 0 Å². The van der Waals surface area contributed by atoms with E-state index < -0.39 is 0 Å². The van der Waals surface area contributed by atoms with Crippen LogP contribution in [0.3, 0.4) is 0 Å². The molecule has 1 aliphatic rings. The average Bonchev–Trinajstić information content (AvgIpc) is 2.28. The van der Waals surface area contributed by atoms with Crippen LogP contribution >= 0.6 is 0 Å². The highest BCUT2D eigenvalue weighted by Crippen LogP contribution is 2.24. The van der Waals surface area contributed by atoms with Gasteiger partial charge in [0.05, 0.1) is 0 Å². The maximum absolute atomic E-state index is 11.8. The summed E-state index contributed by atoms with van der Waals surface area (Å²) in [7, 11) is 0. The van der Waals surface area contributed by atoms with E-state index in [4.69, 9.17) is 0 Å². The Bertz CT molecular complexity index is 288. The Kier molecular flexibility index (Phi) is 2.33. The molecule has 2 nitrogen and oxygen atoms in total. The van der Waals surface area contributed by atoms with E-state index in [0.717, 1.165) is 11.1 Å². The average molecular weight is 179 g/mol. The minimum atomic E-state index is -0.120. The van der Waals surface area contributed by atoms with Crippen LogP contribution in [0.4, 0.5) is 0 Å². The molecule has 13 heavy (non-hydrogen) atoms. The van der Waals surface area contributed by atoms with Crippen LogP contribution in [-0.2, 0) is 4.79 Å². The molecule has 0 aliphatic carbocycles. The minimum Gasteiger partial charge on any atom is -0.310 e. The zero-order valence-electron chi connectivity index (χ0n) is 9.01. The van der Waals surface area contributed by atoms with Gasteiger partial charge in [0.1, 0.15) is 0 Å². The van der Waals surface area contributed by atoms with Crippen LogP contribution < -0.4 is 0 Å². The van der Waals surface area contributed by atoms with Crippen LogP contribution in [-0.4, -0.2) is 16.3 Å². The zero-order valence-corrected chi connectivity index (χ0v) is 9.01. The van der Waals surface area contributed by atoms with Gasteiger partial charge in [0, 0.05) is 17.3 Å². The van der Waals surface area contributed by atoms with Crippen molar-refractivity contribution in [1.82, 2.24) is 4.90 Å². The molecule has 1 aliphatic heterocycles. The highest BCUT2D eigenvalue weighted by molar-refractivity contribution is 6.00. The van der Waals surface area contributed by atoms with E-state index in [-0.39, 0.29) is 11.4 Å². The third kappa shape index (κ3) is 1.82. The van der Waals surface area contributed by atoms with Gasteiger partial charge in [-0.25, -0.2) is 0 Å². The molecule has 0 aromatic rings. The summed E-state index contributed by atoms with van der Waals surface area (Å²) in [6.45, 7) is 10.0. The number of hydrogen-bond acceptors (Lipinski definition) is 1. The molecular formula is C11H17NO. The summed E-state index contributed by atoms with van der Waals surface area (Å²) in [5, 5.41) is 0. The number of allylic oxidation sites excluding steroid dienone is 1. The summed E-state index contributed by atoms with van der Waals surface area (Å²) >= 11 is 0. The highest BCUT2D eigenvalue weighted by Gasteiger charge is 2.30. The Morgan fingerprint density at radius 3 is 2.08 bits per heavy atom. The lowest BCUT2D eigenvalue weighted by molar-refractivity contribution is -0.127. The monoisotopic (exact) mass is 179 g/mol. The molecule has 0 unspecified atom stereocenters. The first kappa shape index (κ1) is 10.0. The smallest absolute Gasteiger partial charge is 0.258 e. The van der Waals surface area contributed by atoms with Crippen LogP contribution in [0.1, 0.15) is 34.6 Å². The molecule has 0 fully saturated rings. The molecule has 0 atom stereocenters. The highest BCUT2D eigenvalue weighted by atomic mass is 16.2. The van der Waals surface area contributed by atoms with E-state index in [9.17, 15) is 4.79 Å². The van der Waals surface area contributed by atoms with E-state index in [1.807, 2.05) is 46.9 Å². The SMILES string of the molecule is CC(C)=C1C=CN(C(C)(C)C)C1=O. The number of rotatable bonds is 0. The minimum absolute atomic E-state index is 0.118. The van der Waals surface area contributed by atoms with E-state index >= 15 is 0 Å². The van der Waals surface area contributed by atoms with Crippen LogP contribution in [0, 0.1) is 0 Å². The van der Waals surface area contributed by atoms with E-state index in [1.54, 1.807) is 4.90 Å². The number of carbonyl (C=O) groups is 1. The molecule has 0 N–H and O–H groups in total. The molecule has 0 saturated carbocycles. The van der Waals surface area contributed by atoms with Crippen LogP contribution in [0.25, 0.3) is 0 Å². The molecule has 1 rings (SSSR count). The first-order chi connectivity index (χ1) is 5.84. The fourth-order valence-corrected chi connectivity index (χ4v) is 1.33. The molecule has 0 spiro atoms. The van der Waals surface area contributed by atoms with Crippen molar-refractivity contribution in [2.75, 3.05) is 0 Å². The van der Waals surface area contributed by atoms with Gasteiger partial charge >= 0.3 is 0 Å². The quantitative estimate of drug-likeness (QED) is 0.523. The van der Waals surface area contributed by atoms with Crippen molar-refractivity contribution >= 4 is 5.91 Å². The standard InChI is InChI=1S/C11H17NO/c1-8(2)9-6-7-12(10(9)13)11(3,4)5/h6-7H,1-5H3. The maximum atomic E-state index is 11.8. The summed E-state index contributed by atoms with van der Waals surface area (Å²) < 4.78 is 0. The summed E-state index contributed by atoms with van der Waals surface area (Å²) in [5.74, 6) is 0.118. The number of amides is 1. The lowest BCUT2D eigenvalue weighted by atomic mass is 10.1. The number of hydrogen-bond donors (Lipinski definition) is 0. The maximum Gasteiger partial charge on any atom is 0.258 e. The summed E-state index contributed by atoms with van der Waals surface area (Å²) in [5.41, 5.74) is 1.79. The first-order valence-corrected chi connectivity index (χ1v) is 4.53. The van der Waals surface area contributed by atoms with Crippen LogP contribution in [0.5, 0.6) is 0 Å². The summed E-state index contributed by atoms with van der Waals surface area (Å²) in [6, 6.07) is 0. The Hall–Kier alpha value is -1.05. The molecule has 1 amide bonds. The number of nitrogens with zero attached hydrogens (tertiary/aromatic N) is 1. The van der Waals surface area contributed by atoms with Gasteiger partial charge in [0.25, 0.3) is 5.91 Å². The molecule has 0 aromatic heterocycles. The van der Waals surface area contributed by atoms with Gasteiger partial charge < -0.3 is 4.90 Å². The molecule has 0 aromatic carbocycles. The van der Waals surface area contributed by atoms with Gasteiger partial charge in [-0.1, -0.05) is 5.57 Å². The third-order valence-corrected chi connectivity index (χ3v) is 2.10. The second-order valence-corrected chi connectivity index (χ2v) is 4.58. The molecule has 0 bridgehead atoms. The topological polar surface area (TPSA) is 20.3 Å². The second kappa shape index (κ2) is 3.02. The molecular weight excluding hydrogens is 162 g/mol. The second-order valence-electron chi connectivity index (χ2n) is 4.58. The lowest BCUT2D eigenvalue weighted by Gasteiger charge is -2.29. The Morgan fingerprint density at radius 1 is 1.31 bits per heavy atom. The van der Waals surface area contributed by atoms with E-state index in [0.29, 0.717) is 0 Å². The lowest BCUT2D eigenvalue weighted by Crippen LogP contribution is -2.39. The Labute approximate surface area is 79.9 Å². The van der Waals surface area contributed by atoms with Gasteiger partial charge in [-0.05, 0) is 40.7 Å².